The Morgan fingerprint density at radius 3 is 2.88 bits per heavy atom. The van der Waals surface area contributed by atoms with Crippen LogP contribution in [0.3, 0.4) is 0 Å². The summed E-state index contributed by atoms with van der Waals surface area (Å²) >= 11 is -0.158. The topological polar surface area (TPSA) is 34.9 Å². The molecule has 84 valence electrons. The average molecular weight is 293 g/mol. The molecule has 0 amide bonds. The van der Waals surface area contributed by atoms with E-state index in [1.165, 1.54) is 12.1 Å². The summed E-state index contributed by atoms with van der Waals surface area (Å²) in [5.74, 6) is 0.241. The van der Waals surface area contributed by atoms with Crippen molar-refractivity contribution in [1.82, 2.24) is 8.55 Å². The molecule has 0 aliphatic carbocycles. The molecule has 17 heavy (non-hydrogen) atoms. The summed E-state index contributed by atoms with van der Waals surface area (Å²) in [5.41, 5.74) is -0.168. The molecule has 2 heterocycles. The number of fused-ring (bicyclic) bond motifs is 1. The van der Waals surface area contributed by atoms with Gasteiger partial charge in [0.25, 0.3) is 0 Å². The maximum atomic E-state index is 13.1. The summed E-state index contributed by atoms with van der Waals surface area (Å²) in [4.78, 5) is 16.2. The Kier molecular flexibility index (Phi) is 2.42. The van der Waals surface area contributed by atoms with Crippen LogP contribution in [-0.2, 0) is 0 Å². The van der Waals surface area contributed by atoms with E-state index in [0.29, 0.717) is 11.2 Å². The van der Waals surface area contributed by atoms with E-state index in [4.69, 9.17) is 0 Å². The molecule has 0 spiro atoms. The van der Waals surface area contributed by atoms with Crippen molar-refractivity contribution in [3.05, 3.63) is 58.8 Å². The molecule has 3 aromatic rings. The van der Waals surface area contributed by atoms with Gasteiger partial charge in [0.05, 0.1) is 0 Å². The van der Waals surface area contributed by atoms with E-state index >= 15 is 0 Å². The fourth-order valence-electron chi connectivity index (χ4n) is 1.62. The monoisotopic (exact) mass is 294 g/mol. The molecule has 3 nitrogen and oxygen atoms in total. The first-order chi connectivity index (χ1) is 8.25. The van der Waals surface area contributed by atoms with Crippen molar-refractivity contribution >= 4 is 24.4 Å². The van der Waals surface area contributed by atoms with Gasteiger partial charge in [0.15, 0.2) is 0 Å². The zero-order valence-electron chi connectivity index (χ0n) is 8.63. The fraction of sp³-hybridized carbons (Fsp3) is 0. The molecule has 0 unspecified atom stereocenters. The Labute approximate surface area is 102 Å². The van der Waals surface area contributed by atoms with Crippen LogP contribution in [0.15, 0.2) is 47.4 Å². The van der Waals surface area contributed by atoms with Crippen LogP contribution in [0.5, 0.6) is 0 Å². The van der Waals surface area contributed by atoms with Crippen molar-refractivity contribution in [2.45, 2.75) is 0 Å². The van der Waals surface area contributed by atoms with Gasteiger partial charge in [0, 0.05) is 0 Å². The third-order valence-electron chi connectivity index (χ3n) is 2.40. The second-order valence-electron chi connectivity index (χ2n) is 3.52. The summed E-state index contributed by atoms with van der Waals surface area (Å²) < 4.78 is 15.6. The SMILES string of the molecule is O=c1c2cc(F)ccc2[se]n1-c1ccccn1. The third kappa shape index (κ3) is 1.73. The van der Waals surface area contributed by atoms with Crippen LogP contribution in [-0.4, -0.2) is 23.3 Å². The van der Waals surface area contributed by atoms with Crippen molar-refractivity contribution in [1.29, 1.82) is 0 Å². The minimum absolute atomic E-state index is 0.158. The molecule has 0 atom stereocenters. The molecule has 0 saturated carbocycles. The van der Waals surface area contributed by atoms with Crippen LogP contribution in [0, 0.1) is 5.82 Å². The summed E-state index contributed by atoms with van der Waals surface area (Å²) in [6.07, 6.45) is 1.64. The number of pyridine rings is 1. The molecule has 5 heteroatoms. The van der Waals surface area contributed by atoms with Crippen LogP contribution < -0.4 is 5.56 Å². The normalized spacial score (nSPS) is 10.9. The van der Waals surface area contributed by atoms with E-state index in [9.17, 15) is 9.18 Å². The molecule has 0 N–H and O–H groups in total. The van der Waals surface area contributed by atoms with Gasteiger partial charge in [-0.3, -0.25) is 0 Å². The number of nitrogens with zero attached hydrogens (tertiary/aromatic N) is 2. The van der Waals surface area contributed by atoms with Gasteiger partial charge >= 0.3 is 102 Å². The molecular formula is C12H7FN2OSe. The van der Waals surface area contributed by atoms with Gasteiger partial charge in [-0.1, -0.05) is 0 Å². The quantitative estimate of drug-likeness (QED) is 0.639. The standard InChI is InChI=1S/C12H7FN2OSe/c13-8-4-5-10-9(7-8)12(16)15(17-10)11-3-1-2-6-14-11/h1-7H. The molecule has 0 aliphatic heterocycles. The van der Waals surface area contributed by atoms with Gasteiger partial charge in [-0.15, -0.1) is 0 Å². The van der Waals surface area contributed by atoms with E-state index < -0.39 is 0 Å². The van der Waals surface area contributed by atoms with Crippen molar-refractivity contribution in [3.63, 3.8) is 0 Å². The van der Waals surface area contributed by atoms with E-state index in [1.54, 1.807) is 28.0 Å². The molecule has 0 aliphatic rings. The van der Waals surface area contributed by atoms with Gasteiger partial charge in [0.1, 0.15) is 0 Å². The second kappa shape index (κ2) is 3.95. The number of halogens is 1. The first-order valence-electron chi connectivity index (χ1n) is 4.99. The fourth-order valence-corrected chi connectivity index (χ4v) is 3.62. The van der Waals surface area contributed by atoms with Gasteiger partial charge < -0.3 is 0 Å². The van der Waals surface area contributed by atoms with Crippen molar-refractivity contribution in [2.24, 2.45) is 0 Å². The van der Waals surface area contributed by atoms with Crippen molar-refractivity contribution in [3.8, 4) is 5.82 Å². The number of benzene rings is 1. The predicted molar refractivity (Wildman–Crippen MR) is 64.2 cm³/mol. The first-order valence-corrected chi connectivity index (χ1v) is 6.61. The van der Waals surface area contributed by atoms with Crippen molar-refractivity contribution in [2.75, 3.05) is 0 Å². The zero-order chi connectivity index (χ0) is 11.8. The number of aromatic nitrogens is 2. The van der Waals surface area contributed by atoms with Crippen LogP contribution in [0.1, 0.15) is 0 Å². The van der Waals surface area contributed by atoms with E-state index in [-0.39, 0.29) is 26.1 Å². The van der Waals surface area contributed by atoms with Crippen molar-refractivity contribution < 1.29 is 4.39 Å². The maximum absolute atomic E-state index is 13.1. The van der Waals surface area contributed by atoms with E-state index in [2.05, 4.69) is 4.98 Å². The first kappa shape index (κ1) is 10.4. The molecule has 0 radical (unpaired) electrons. The molecule has 0 saturated heterocycles. The molecule has 0 fully saturated rings. The molecular weight excluding hydrogens is 286 g/mol. The number of rotatable bonds is 1. The second-order valence-corrected chi connectivity index (χ2v) is 5.59. The Balaban J connectivity index is 2.33. The van der Waals surface area contributed by atoms with Gasteiger partial charge in [-0.05, 0) is 0 Å². The Bertz CT molecular complexity index is 733. The number of hydrogen-bond acceptors (Lipinski definition) is 2. The Morgan fingerprint density at radius 2 is 2.12 bits per heavy atom. The van der Waals surface area contributed by atoms with Crippen LogP contribution >= 0.6 is 0 Å². The van der Waals surface area contributed by atoms with Gasteiger partial charge in [0.2, 0.25) is 0 Å². The molecule has 0 bridgehead atoms. The van der Waals surface area contributed by atoms with E-state index in [0.717, 1.165) is 4.26 Å². The van der Waals surface area contributed by atoms with Crippen LogP contribution in [0.2, 0.25) is 0 Å². The van der Waals surface area contributed by atoms with Gasteiger partial charge in [-0.2, -0.15) is 0 Å². The van der Waals surface area contributed by atoms with E-state index in [1.807, 2.05) is 6.07 Å². The predicted octanol–water partition coefficient (Wildman–Crippen LogP) is 1.58. The molecule has 1 aromatic carbocycles. The molecule has 2 aromatic heterocycles. The third-order valence-corrected chi connectivity index (χ3v) is 4.69. The summed E-state index contributed by atoms with van der Waals surface area (Å²) in [7, 11) is 0. The van der Waals surface area contributed by atoms with Gasteiger partial charge in [-0.25, -0.2) is 0 Å². The summed E-state index contributed by atoms with van der Waals surface area (Å²) in [6, 6.07) is 9.75. The zero-order valence-corrected chi connectivity index (χ0v) is 10.3. The van der Waals surface area contributed by atoms with Crippen LogP contribution in [0.4, 0.5) is 4.39 Å². The summed E-state index contributed by atoms with van der Waals surface area (Å²) in [6.45, 7) is 0. The van der Waals surface area contributed by atoms with Crippen LogP contribution in [0.25, 0.3) is 15.5 Å². The number of hydrogen-bond donors (Lipinski definition) is 0. The minimum atomic E-state index is -0.379. The Hall–Kier alpha value is -1.71. The summed E-state index contributed by atoms with van der Waals surface area (Å²) in [5, 5.41) is 0.454. The average Bonchev–Trinajstić information content (AvgIpc) is 2.68. The molecule has 3 rings (SSSR count). The Morgan fingerprint density at radius 1 is 1.24 bits per heavy atom.